The maximum absolute atomic E-state index is 11.4. The lowest BCUT2D eigenvalue weighted by Crippen LogP contribution is -2.41. The topological polar surface area (TPSA) is 136 Å². The van der Waals surface area contributed by atoms with Crippen LogP contribution in [0.2, 0.25) is 0 Å². The van der Waals surface area contributed by atoms with E-state index in [0.29, 0.717) is 0 Å². The van der Waals surface area contributed by atoms with Crippen LogP contribution in [0.15, 0.2) is 6.33 Å². The van der Waals surface area contributed by atoms with E-state index in [9.17, 15) is 9.59 Å². The Kier molecular flexibility index (Phi) is 3.01. The van der Waals surface area contributed by atoms with Gasteiger partial charge in [-0.05, 0) is 0 Å². The van der Waals surface area contributed by atoms with Crippen molar-refractivity contribution in [1.29, 1.82) is 0 Å². The second kappa shape index (κ2) is 4.22. The second-order valence-corrected chi connectivity index (χ2v) is 2.65. The van der Waals surface area contributed by atoms with Crippen molar-refractivity contribution in [2.24, 2.45) is 0 Å². The third-order valence-electron chi connectivity index (χ3n) is 1.49. The lowest BCUT2D eigenvalue weighted by molar-refractivity contribution is -0.119. The van der Waals surface area contributed by atoms with Crippen LogP contribution in [0.3, 0.4) is 0 Å². The monoisotopic (exact) mass is 210 g/mol. The molecule has 8 nitrogen and oxygen atoms in total. The zero-order valence-electron chi connectivity index (χ0n) is 7.94. The van der Waals surface area contributed by atoms with E-state index in [0.717, 1.165) is 6.33 Å². The molecule has 1 rings (SSSR count). The zero-order chi connectivity index (χ0) is 11.4. The van der Waals surface area contributed by atoms with Crippen LogP contribution < -0.4 is 22.3 Å². The number of anilines is 2. The first-order chi connectivity index (χ1) is 7.02. The molecule has 80 valence electrons. The van der Waals surface area contributed by atoms with E-state index in [1.165, 1.54) is 6.92 Å². The minimum atomic E-state index is -0.666. The van der Waals surface area contributed by atoms with Gasteiger partial charge >= 0.3 is 0 Å². The fourth-order valence-electron chi connectivity index (χ4n) is 0.854. The first kappa shape index (κ1) is 10.7. The fraction of sp³-hybridized carbons (Fsp3) is 0.143. The van der Waals surface area contributed by atoms with E-state index in [4.69, 9.17) is 11.5 Å². The van der Waals surface area contributed by atoms with Gasteiger partial charge in [0.2, 0.25) is 5.91 Å². The molecule has 2 amide bonds. The highest BCUT2D eigenvalue weighted by Crippen LogP contribution is 2.12. The first-order valence-electron chi connectivity index (χ1n) is 3.95. The highest BCUT2D eigenvalue weighted by molar-refractivity contribution is 6.02. The maximum atomic E-state index is 11.4. The molecule has 8 heteroatoms. The van der Waals surface area contributed by atoms with Gasteiger partial charge in [0.15, 0.2) is 0 Å². The van der Waals surface area contributed by atoms with Crippen molar-refractivity contribution in [3.63, 3.8) is 0 Å². The molecule has 0 atom stereocenters. The number of carbonyl (C=O) groups excluding carboxylic acids is 2. The Morgan fingerprint density at radius 1 is 1.20 bits per heavy atom. The number of nitrogens with one attached hydrogen (secondary N) is 2. The Labute approximate surface area is 85.0 Å². The van der Waals surface area contributed by atoms with Crippen LogP contribution in [0, 0.1) is 0 Å². The summed E-state index contributed by atoms with van der Waals surface area (Å²) in [5.74, 6) is -1.19. The molecule has 1 aromatic rings. The van der Waals surface area contributed by atoms with E-state index in [1.54, 1.807) is 0 Å². The predicted octanol–water partition coefficient (Wildman–Crippen LogP) is -1.58. The number of nitrogens with two attached hydrogens (primary N) is 2. The molecule has 0 aromatic carbocycles. The molecule has 0 saturated carbocycles. The summed E-state index contributed by atoms with van der Waals surface area (Å²) in [6, 6.07) is 0. The Bertz CT molecular complexity index is 384. The molecule has 0 unspecified atom stereocenters. The number of hydrogen-bond acceptors (Lipinski definition) is 6. The quantitative estimate of drug-likeness (QED) is 0.413. The Balaban J connectivity index is 2.86. The highest BCUT2D eigenvalue weighted by Gasteiger charge is 2.15. The van der Waals surface area contributed by atoms with Gasteiger partial charge in [-0.15, -0.1) is 0 Å². The molecular weight excluding hydrogens is 200 g/mol. The minimum Gasteiger partial charge on any atom is -0.383 e. The summed E-state index contributed by atoms with van der Waals surface area (Å²) in [7, 11) is 0. The van der Waals surface area contributed by atoms with Gasteiger partial charge in [-0.1, -0.05) is 0 Å². The number of carbonyl (C=O) groups is 2. The SMILES string of the molecule is CC(=O)NNC(=O)c1c(N)ncnc1N. The summed E-state index contributed by atoms with van der Waals surface area (Å²) < 4.78 is 0. The summed E-state index contributed by atoms with van der Waals surface area (Å²) in [5.41, 5.74) is 15.0. The van der Waals surface area contributed by atoms with Crippen molar-refractivity contribution in [3.05, 3.63) is 11.9 Å². The minimum absolute atomic E-state index is 0.0506. The molecule has 0 aliphatic rings. The summed E-state index contributed by atoms with van der Waals surface area (Å²) in [6.45, 7) is 1.24. The van der Waals surface area contributed by atoms with E-state index in [-0.39, 0.29) is 17.2 Å². The van der Waals surface area contributed by atoms with Gasteiger partial charge in [-0.2, -0.15) is 0 Å². The van der Waals surface area contributed by atoms with E-state index in [2.05, 4.69) is 20.8 Å². The predicted molar refractivity (Wildman–Crippen MR) is 52.1 cm³/mol. The largest absolute Gasteiger partial charge is 0.383 e. The molecule has 0 bridgehead atoms. The van der Waals surface area contributed by atoms with Crippen LogP contribution in [-0.4, -0.2) is 21.8 Å². The third-order valence-corrected chi connectivity index (χ3v) is 1.49. The number of nitrogen functional groups attached to an aromatic ring is 2. The first-order valence-corrected chi connectivity index (χ1v) is 3.95. The van der Waals surface area contributed by atoms with Crippen molar-refractivity contribution in [1.82, 2.24) is 20.8 Å². The van der Waals surface area contributed by atoms with Gasteiger partial charge < -0.3 is 11.5 Å². The van der Waals surface area contributed by atoms with E-state index < -0.39 is 11.8 Å². The van der Waals surface area contributed by atoms with Gasteiger partial charge in [0.05, 0.1) is 0 Å². The van der Waals surface area contributed by atoms with Crippen LogP contribution in [0.5, 0.6) is 0 Å². The van der Waals surface area contributed by atoms with Gasteiger partial charge in [-0.3, -0.25) is 20.4 Å². The molecule has 0 aliphatic carbocycles. The van der Waals surface area contributed by atoms with Gasteiger partial charge in [0, 0.05) is 6.92 Å². The summed E-state index contributed by atoms with van der Waals surface area (Å²) in [4.78, 5) is 29.2. The maximum Gasteiger partial charge on any atom is 0.277 e. The number of amides is 2. The summed E-state index contributed by atoms with van der Waals surface area (Å²) in [5, 5.41) is 0. The van der Waals surface area contributed by atoms with Crippen molar-refractivity contribution in [2.45, 2.75) is 6.92 Å². The second-order valence-electron chi connectivity index (χ2n) is 2.65. The van der Waals surface area contributed by atoms with Gasteiger partial charge in [0.1, 0.15) is 23.5 Å². The zero-order valence-corrected chi connectivity index (χ0v) is 7.94. The van der Waals surface area contributed by atoms with Crippen molar-refractivity contribution >= 4 is 23.5 Å². The lowest BCUT2D eigenvalue weighted by atomic mass is 10.2. The van der Waals surface area contributed by atoms with Crippen molar-refractivity contribution < 1.29 is 9.59 Å². The van der Waals surface area contributed by atoms with Gasteiger partial charge in [0.25, 0.3) is 5.91 Å². The van der Waals surface area contributed by atoms with Crippen LogP contribution in [-0.2, 0) is 4.79 Å². The smallest absolute Gasteiger partial charge is 0.277 e. The van der Waals surface area contributed by atoms with Crippen LogP contribution >= 0.6 is 0 Å². The van der Waals surface area contributed by atoms with Crippen molar-refractivity contribution in [2.75, 3.05) is 11.5 Å². The van der Waals surface area contributed by atoms with Crippen LogP contribution in [0.1, 0.15) is 17.3 Å². The number of hydrogen-bond donors (Lipinski definition) is 4. The molecule has 0 spiro atoms. The van der Waals surface area contributed by atoms with Gasteiger partial charge in [-0.25, -0.2) is 9.97 Å². The molecule has 1 heterocycles. The Morgan fingerprint density at radius 2 is 1.73 bits per heavy atom. The molecule has 0 radical (unpaired) electrons. The highest BCUT2D eigenvalue weighted by atomic mass is 16.2. The van der Waals surface area contributed by atoms with E-state index >= 15 is 0 Å². The summed E-state index contributed by atoms with van der Waals surface area (Å²) >= 11 is 0. The molecule has 0 aliphatic heterocycles. The molecule has 0 fully saturated rings. The third kappa shape index (κ3) is 2.53. The standard InChI is InChI=1S/C7H10N6O2/c1-3(14)12-13-7(15)4-5(8)10-2-11-6(4)9/h2H,1H3,(H,12,14)(H,13,15)(H4,8,9,10,11). The number of nitrogens with zero attached hydrogens (tertiary/aromatic N) is 2. The fourth-order valence-corrected chi connectivity index (χ4v) is 0.854. The van der Waals surface area contributed by atoms with E-state index in [1.807, 2.05) is 0 Å². The lowest BCUT2D eigenvalue weighted by Gasteiger charge is -2.07. The van der Waals surface area contributed by atoms with Crippen LogP contribution in [0.4, 0.5) is 11.6 Å². The number of hydrazine groups is 1. The van der Waals surface area contributed by atoms with Crippen LogP contribution in [0.25, 0.3) is 0 Å². The average molecular weight is 210 g/mol. The summed E-state index contributed by atoms with van der Waals surface area (Å²) in [6.07, 6.45) is 1.14. The molecular formula is C7H10N6O2. The Morgan fingerprint density at radius 3 is 2.20 bits per heavy atom. The van der Waals surface area contributed by atoms with Crippen molar-refractivity contribution in [3.8, 4) is 0 Å². The molecule has 1 aromatic heterocycles. The molecule has 0 saturated heterocycles. The number of aromatic nitrogens is 2. The average Bonchev–Trinajstić information content (AvgIpc) is 2.14. The normalized spacial score (nSPS) is 9.40. The molecule has 15 heavy (non-hydrogen) atoms. The number of rotatable bonds is 1. The molecule has 6 N–H and O–H groups in total. The Hall–Kier alpha value is -2.38.